The molecule has 0 saturated carbocycles. The Hall–Kier alpha value is -0.930. The Morgan fingerprint density at radius 1 is 0.706 bits per heavy atom. The van der Waals surface area contributed by atoms with Gasteiger partial charge in [-0.25, -0.2) is 0 Å². The van der Waals surface area contributed by atoms with E-state index in [-0.39, 0.29) is 0 Å². The number of carbonyl (C=O) groups is 1. The summed E-state index contributed by atoms with van der Waals surface area (Å²) >= 11 is 0. The van der Waals surface area contributed by atoms with E-state index in [0.717, 1.165) is 0 Å². The van der Waals surface area contributed by atoms with Crippen LogP contribution in [0.2, 0.25) is 0 Å². The van der Waals surface area contributed by atoms with Crippen LogP contribution in [0.3, 0.4) is 0 Å². The molecular weight excluding hydrogens is 472 g/mol. The number of aliphatic hydroxyl groups is 11. The summed E-state index contributed by atoms with van der Waals surface area (Å²) in [7, 11) is 0. The van der Waals surface area contributed by atoms with E-state index in [1.54, 1.807) is 0 Å². The van der Waals surface area contributed by atoms with E-state index in [9.17, 15) is 55.9 Å². The van der Waals surface area contributed by atoms with Crippen molar-refractivity contribution in [2.24, 2.45) is 0 Å². The predicted molar refractivity (Wildman–Crippen MR) is 100 cm³/mol. The average Bonchev–Trinajstić information content (AvgIpc) is 3.38. The molecule has 3 aliphatic heterocycles. The summed E-state index contributed by atoms with van der Waals surface area (Å²) in [5, 5.41) is 108. The Morgan fingerprint density at radius 3 is 1.82 bits per heavy atom. The maximum atomic E-state index is 12.4. The quantitative estimate of drug-likeness (QED) is 0.140. The molecule has 3 aliphatic rings. The van der Waals surface area contributed by atoms with Crippen molar-refractivity contribution in [3.8, 4) is 0 Å². The van der Waals surface area contributed by atoms with Crippen molar-refractivity contribution in [3.05, 3.63) is 0 Å². The summed E-state index contributed by atoms with van der Waals surface area (Å²) in [5.41, 5.74) is 0. The number of rotatable bonds is 9. The lowest BCUT2D eigenvalue weighted by Crippen LogP contribution is -2.49. The minimum absolute atomic E-state index is 0.704. The van der Waals surface area contributed by atoms with Crippen molar-refractivity contribution < 1.29 is 79.9 Å². The summed E-state index contributed by atoms with van der Waals surface area (Å²) in [5.74, 6) is -1.27. The zero-order valence-corrected chi connectivity index (χ0v) is 17.5. The van der Waals surface area contributed by atoms with Crippen molar-refractivity contribution >= 4 is 5.78 Å². The average molecular weight is 502 g/mol. The van der Waals surface area contributed by atoms with Crippen LogP contribution < -0.4 is 0 Å². The minimum atomic E-state index is -2.20. The Balaban J connectivity index is 1.57. The number of carbonyl (C=O) groups excluding carboxylic acids is 1. The van der Waals surface area contributed by atoms with Gasteiger partial charge in [-0.15, -0.1) is 0 Å². The van der Waals surface area contributed by atoms with E-state index in [2.05, 4.69) is 0 Å². The molecule has 3 fully saturated rings. The highest BCUT2D eigenvalue weighted by molar-refractivity contribution is 5.88. The van der Waals surface area contributed by atoms with Crippen molar-refractivity contribution in [2.45, 2.75) is 91.9 Å². The zero-order valence-electron chi connectivity index (χ0n) is 17.5. The molecule has 0 aliphatic carbocycles. The van der Waals surface area contributed by atoms with E-state index in [1.165, 1.54) is 0 Å². The minimum Gasteiger partial charge on any atom is -0.394 e. The number of hydrogen-bond donors (Lipinski definition) is 11. The fraction of sp³-hybridized carbons (Fsp3) is 0.944. The topological polar surface area (TPSA) is 277 Å². The molecule has 11 N–H and O–H groups in total. The molecule has 3 saturated heterocycles. The Kier molecular flexibility index (Phi) is 8.94. The Morgan fingerprint density at radius 2 is 1.26 bits per heavy atom. The second-order valence-corrected chi connectivity index (χ2v) is 8.42. The molecule has 3 rings (SSSR count). The van der Waals surface area contributed by atoms with E-state index < -0.39 is 111 Å². The molecule has 0 aromatic rings. The zero-order chi connectivity index (χ0) is 25.5. The molecule has 16 heteroatoms. The molecule has 0 aromatic heterocycles. The predicted octanol–water partition coefficient (Wildman–Crippen LogP) is -7.98. The largest absolute Gasteiger partial charge is 0.394 e. The molecular formula is C18H30O16. The van der Waals surface area contributed by atoms with Gasteiger partial charge in [0.25, 0.3) is 0 Å². The molecule has 3 heterocycles. The van der Waals surface area contributed by atoms with Gasteiger partial charge in [-0.3, -0.25) is 4.79 Å². The first-order chi connectivity index (χ1) is 15.9. The first-order valence-electron chi connectivity index (χ1n) is 10.4. The third kappa shape index (κ3) is 5.12. The lowest BCUT2D eigenvalue weighted by atomic mass is 9.95. The summed E-state index contributed by atoms with van der Waals surface area (Å²) in [6.45, 7) is -1.47. The van der Waals surface area contributed by atoms with Crippen LogP contribution in [-0.4, -0.2) is 167 Å². The summed E-state index contributed by atoms with van der Waals surface area (Å²) in [6, 6.07) is 0. The summed E-state index contributed by atoms with van der Waals surface area (Å²) < 4.78 is 20.2. The molecule has 0 bridgehead atoms. The van der Waals surface area contributed by atoms with Gasteiger partial charge < -0.3 is 75.1 Å². The molecule has 198 valence electrons. The van der Waals surface area contributed by atoms with Crippen LogP contribution in [0.15, 0.2) is 0 Å². The van der Waals surface area contributed by atoms with Gasteiger partial charge in [0.15, 0.2) is 24.5 Å². The maximum absolute atomic E-state index is 12.4. The van der Waals surface area contributed by atoms with Crippen LogP contribution in [0.5, 0.6) is 0 Å². The van der Waals surface area contributed by atoms with Crippen LogP contribution in [0.1, 0.15) is 0 Å². The molecule has 6 unspecified atom stereocenters. The maximum Gasteiger partial charge on any atom is 0.195 e. The second kappa shape index (κ2) is 11.0. The first-order valence-corrected chi connectivity index (χ1v) is 10.4. The smallest absolute Gasteiger partial charge is 0.195 e. The van der Waals surface area contributed by atoms with Crippen molar-refractivity contribution in [2.75, 3.05) is 13.2 Å². The SMILES string of the molecule is O=C(C(O)[C@@H]1O[C@@H](C(O)CO[C@@H]2O[C@@H](C(O)CO)C(O)[C@@H]2O)C(O)[C@@H]1O)[C@@H]1O[C@@H](O)[C@@H](O)C1O. The molecule has 0 spiro atoms. The second-order valence-electron chi connectivity index (χ2n) is 8.42. The highest BCUT2D eigenvalue weighted by Crippen LogP contribution is 2.30. The van der Waals surface area contributed by atoms with E-state index in [1.807, 2.05) is 0 Å². The van der Waals surface area contributed by atoms with Crippen molar-refractivity contribution in [3.63, 3.8) is 0 Å². The van der Waals surface area contributed by atoms with Gasteiger partial charge in [0.05, 0.1) is 13.2 Å². The summed E-state index contributed by atoms with van der Waals surface area (Å²) in [6.07, 6.45) is -26.2. The van der Waals surface area contributed by atoms with Gasteiger partial charge in [0.2, 0.25) is 0 Å². The fourth-order valence-electron chi connectivity index (χ4n) is 4.05. The third-order valence-corrected chi connectivity index (χ3v) is 6.09. The van der Waals surface area contributed by atoms with Crippen LogP contribution in [0.25, 0.3) is 0 Å². The van der Waals surface area contributed by atoms with E-state index in [0.29, 0.717) is 0 Å². The van der Waals surface area contributed by atoms with Gasteiger partial charge in [0, 0.05) is 0 Å². The fourth-order valence-corrected chi connectivity index (χ4v) is 4.05. The third-order valence-electron chi connectivity index (χ3n) is 6.09. The molecule has 15 atom stereocenters. The van der Waals surface area contributed by atoms with Gasteiger partial charge >= 0.3 is 0 Å². The normalized spacial score (nSPS) is 47.6. The van der Waals surface area contributed by atoms with Crippen LogP contribution >= 0.6 is 0 Å². The number of hydrogen-bond acceptors (Lipinski definition) is 16. The van der Waals surface area contributed by atoms with Gasteiger partial charge in [0.1, 0.15) is 73.2 Å². The van der Waals surface area contributed by atoms with Crippen molar-refractivity contribution in [1.29, 1.82) is 0 Å². The summed E-state index contributed by atoms with van der Waals surface area (Å²) in [4.78, 5) is 12.4. The van der Waals surface area contributed by atoms with Crippen molar-refractivity contribution in [1.82, 2.24) is 0 Å². The number of ether oxygens (including phenoxy) is 4. The number of aliphatic hydroxyl groups excluding tert-OH is 11. The number of Topliss-reactive ketones (excluding diaryl/α,β-unsaturated/α-hetero) is 1. The van der Waals surface area contributed by atoms with Crippen LogP contribution in [-0.2, 0) is 23.7 Å². The highest BCUT2D eigenvalue weighted by atomic mass is 16.7. The van der Waals surface area contributed by atoms with Gasteiger partial charge in [-0.1, -0.05) is 0 Å². The van der Waals surface area contributed by atoms with Gasteiger partial charge in [-0.05, 0) is 0 Å². The van der Waals surface area contributed by atoms with E-state index >= 15 is 0 Å². The lowest BCUT2D eigenvalue weighted by molar-refractivity contribution is -0.202. The van der Waals surface area contributed by atoms with Crippen LogP contribution in [0.4, 0.5) is 0 Å². The molecule has 16 nitrogen and oxygen atoms in total. The van der Waals surface area contributed by atoms with Gasteiger partial charge in [-0.2, -0.15) is 0 Å². The molecule has 0 amide bonds. The Labute approximate surface area is 191 Å². The molecule has 0 radical (unpaired) electrons. The van der Waals surface area contributed by atoms with Crippen LogP contribution in [0, 0.1) is 0 Å². The number of ketones is 1. The van der Waals surface area contributed by atoms with E-state index in [4.69, 9.17) is 24.1 Å². The highest BCUT2D eigenvalue weighted by Gasteiger charge is 2.54. The first kappa shape index (κ1) is 27.7. The molecule has 0 aromatic carbocycles. The lowest BCUT2D eigenvalue weighted by Gasteiger charge is -2.25. The standard InChI is InChI=1S/C18H30O16/c19-1-3(20)13-10(27)12(29)18(34-13)31-2-4(21)14-5(22)6(23)15(32-14)7(24)8(25)16-9(26)11(28)17(30)33-16/h3-7,9-24,26-30H,1-2H2/t3?,4?,5?,6-,7?,9?,10?,11-,12-,13-,14-,15+,16-,17+,18+/m0/s1. The Bertz CT molecular complexity index is 695. The monoisotopic (exact) mass is 502 g/mol. The molecule has 34 heavy (non-hydrogen) atoms.